The molecule has 0 radical (unpaired) electrons. The lowest BCUT2D eigenvalue weighted by Crippen LogP contribution is -2.26. The molecular weight excluding hydrogens is 379 g/mol. The second-order valence-corrected chi connectivity index (χ2v) is 6.32. The smallest absolute Gasteiger partial charge is 0.455 e. The average Bonchev–Trinajstić information content (AvgIpc) is 2.62. The first-order chi connectivity index (χ1) is 12.5. The Hall–Kier alpha value is -2.24. The number of benzene rings is 2. The van der Waals surface area contributed by atoms with Crippen LogP contribution in [0.2, 0.25) is 10.0 Å². The first-order valence-corrected chi connectivity index (χ1v) is 8.80. The number of esters is 1. The molecule has 0 fully saturated rings. The summed E-state index contributed by atoms with van der Waals surface area (Å²) in [5.41, 5.74) is 0.336. The molecule has 1 atom stereocenters. The second-order valence-electron chi connectivity index (χ2n) is 5.44. The summed E-state index contributed by atoms with van der Waals surface area (Å²) in [4.78, 5) is 24.0. The highest BCUT2D eigenvalue weighted by molar-refractivity contribution is 6.31. The summed E-state index contributed by atoms with van der Waals surface area (Å²) in [6.45, 7) is 1.83. The molecule has 138 valence electrons. The highest BCUT2D eigenvalue weighted by atomic mass is 35.5. The van der Waals surface area contributed by atoms with Gasteiger partial charge in [-0.05, 0) is 48.9 Å². The van der Waals surface area contributed by atoms with E-state index in [1.54, 1.807) is 42.5 Å². The van der Waals surface area contributed by atoms with Crippen molar-refractivity contribution in [3.8, 4) is 5.75 Å². The third-order valence-corrected chi connectivity index (χ3v) is 3.83. The predicted octanol–water partition coefficient (Wildman–Crippen LogP) is 5.53. The van der Waals surface area contributed by atoms with E-state index in [2.05, 4.69) is 0 Å². The van der Waals surface area contributed by atoms with Crippen LogP contribution in [0, 0.1) is 0 Å². The van der Waals surface area contributed by atoms with Gasteiger partial charge in [0.2, 0.25) is 0 Å². The van der Waals surface area contributed by atoms with Crippen LogP contribution in [0.15, 0.2) is 48.5 Å². The molecule has 0 N–H and O–H groups in total. The maximum atomic E-state index is 12.2. The van der Waals surface area contributed by atoms with Gasteiger partial charge in [-0.15, -0.1) is 0 Å². The summed E-state index contributed by atoms with van der Waals surface area (Å²) in [6, 6.07) is 12.7. The lowest BCUT2D eigenvalue weighted by molar-refractivity contribution is 0.000123. The summed E-state index contributed by atoms with van der Waals surface area (Å²) in [5, 5.41) is 0.968. The van der Waals surface area contributed by atoms with Crippen molar-refractivity contribution in [2.24, 2.45) is 0 Å². The van der Waals surface area contributed by atoms with E-state index in [-0.39, 0.29) is 6.61 Å². The molecule has 5 nitrogen and oxygen atoms in total. The van der Waals surface area contributed by atoms with Crippen LogP contribution >= 0.6 is 23.2 Å². The third kappa shape index (κ3) is 6.58. The zero-order valence-corrected chi connectivity index (χ0v) is 15.6. The van der Waals surface area contributed by atoms with Crippen molar-refractivity contribution in [3.05, 3.63) is 64.1 Å². The lowest BCUT2D eigenvalue weighted by Gasteiger charge is -2.17. The Morgan fingerprint density at radius 3 is 2.42 bits per heavy atom. The largest absolute Gasteiger partial charge is 0.513 e. The van der Waals surface area contributed by atoms with E-state index in [0.717, 1.165) is 6.42 Å². The molecule has 1 unspecified atom stereocenters. The molecule has 0 aliphatic rings. The minimum Gasteiger partial charge on any atom is -0.455 e. The Kier molecular flexibility index (Phi) is 7.75. The zero-order valence-electron chi connectivity index (χ0n) is 14.1. The van der Waals surface area contributed by atoms with Gasteiger partial charge in [-0.25, -0.2) is 9.59 Å². The standard InChI is InChI=1S/C19H18Cl2O5/c1-2-4-17(25-18(22)13-5-3-6-15(21)11-13)12-24-19(23)26-16-9-7-14(20)8-10-16/h3,5-11,17H,2,4,12H2,1H3. The molecule has 0 saturated carbocycles. The molecule has 0 spiro atoms. The Bertz CT molecular complexity index is 746. The molecule has 0 aromatic heterocycles. The number of rotatable bonds is 7. The number of carbonyl (C=O) groups excluding carboxylic acids is 2. The molecule has 26 heavy (non-hydrogen) atoms. The summed E-state index contributed by atoms with van der Waals surface area (Å²) < 4.78 is 15.5. The van der Waals surface area contributed by atoms with Gasteiger partial charge in [0.1, 0.15) is 18.5 Å². The fraction of sp³-hybridized carbons (Fsp3) is 0.263. The Morgan fingerprint density at radius 1 is 1.04 bits per heavy atom. The van der Waals surface area contributed by atoms with Gasteiger partial charge in [0.25, 0.3) is 0 Å². The van der Waals surface area contributed by atoms with Crippen molar-refractivity contribution in [2.45, 2.75) is 25.9 Å². The Balaban J connectivity index is 1.87. The van der Waals surface area contributed by atoms with Crippen LogP contribution in [0.3, 0.4) is 0 Å². The van der Waals surface area contributed by atoms with Crippen LogP contribution < -0.4 is 4.74 Å². The fourth-order valence-electron chi connectivity index (χ4n) is 2.12. The number of carbonyl (C=O) groups is 2. The van der Waals surface area contributed by atoms with E-state index in [1.807, 2.05) is 6.92 Å². The minimum atomic E-state index is -0.882. The van der Waals surface area contributed by atoms with Crippen molar-refractivity contribution in [1.82, 2.24) is 0 Å². The van der Waals surface area contributed by atoms with E-state index >= 15 is 0 Å². The topological polar surface area (TPSA) is 61.8 Å². The van der Waals surface area contributed by atoms with E-state index < -0.39 is 18.2 Å². The van der Waals surface area contributed by atoms with Crippen molar-refractivity contribution >= 4 is 35.3 Å². The molecule has 7 heteroatoms. The first kappa shape index (κ1) is 20.1. The van der Waals surface area contributed by atoms with Gasteiger partial charge >= 0.3 is 12.1 Å². The van der Waals surface area contributed by atoms with Gasteiger partial charge in [-0.2, -0.15) is 0 Å². The van der Waals surface area contributed by atoms with Crippen LogP contribution in [-0.4, -0.2) is 24.8 Å². The predicted molar refractivity (Wildman–Crippen MR) is 99.0 cm³/mol. The molecule has 2 aromatic carbocycles. The van der Waals surface area contributed by atoms with Crippen LogP contribution in [0.25, 0.3) is 0 Å². The van der Waals surface area contributed by atoms with Gasteiger partial charge < -0.3 is 14.2 Å². The van der Waals surface area contributed by atoms with E-state index in [9.17, 15) is 9.59 Å². The highest BCUT2D eigenvalue weighted by Crippen LogP contribution is 2.17. The molecule has 0 saturated heterocycles. The normalized spacial score (nSPS) is 11.5. The van der Waals surface area contributed by atoms with Crippen LogP contribution in [-0.2, 0) is 9.47 Å². The third-order valence-electron chi connectivity index (χ3n) is 3.35. The van der Waals surface area contributed by atoms with Crippen LogP contribution in [0.1, 0.15) is 30.1 Å². The summed E-state index contributed by atoms with van der Waals surface area (Å²) in [7, 11) is 0. The van der Waals surface area contributed by atoms with Gasteiger partial charge in [0.05, 0.1) is 5.56 Å². The van der Waals surface area contributed by atoms with Crippen LogP contribution in [0.4, 0.5) is 4.79 Å². The van der Waals surface area contributed by atoms with E-state index in [1.165, 1.54) is 6.07 Å². The number of halogens is 2. The van der Waals surface area contributed by atoms with E-state index in [0.29, 0.717) is 27.8 Å². The molecule has 0 aliphatic carbocycles. The second kappa shape index (κ2) is 10.0. The average molecular weight is 397 g/mol. The van der Waals surface area contributed by atoms with Gasteiger partial charge in [0.15, 0.2) is 0 Å². The van der Waals surface area contributed by atoms with Crippen molar-refractivity contribution in [1.29, 1.82) is 0 Å². The van der Waals surface area contributed by atoms with Crippen molar-refractivity contribution < 1.29 is 23.8 Å². The quantitative estimate of drug-likeness (QED) is 0.454. The van der Waals surface area contributed by atoms with Crippen molar-refractivity contribution in [3.63, 3.8) is 0 Å². The lowest BCUT2D eigenvalue weighted by atomic mass is 10.2. The van der Waals surface area contributed by atoms with Gasteiger partial charge in [-0.3, -0.25) is 0 Å². The zero-order chi connectivity index (χ0) is 18.9. The Labute approximate surface area is 161 Å². The SMILES string of the molecule is CCCC(COC(=O)Oc1ccc(Cl)cc1)OC(=O)c1cccc(Cl)c1. The molecule has 2 rings (SSSR count). The summed E-state index contributed by atoms with van der Waals surface area (Å²) in [6.07, 6.45) is -0.166. The molecule has 0 amide bonds. The summed E-state index contributed by atoms with van der Waals surface area (Å²) in [5.74, 6) is -0.219. The summed E-state index contributed by atoms with van der Waals surface area (Å²) >= 11 is 11.6. The minimum absolute atomic E-state index is 0.105. The Morgan fingerprint density at radius 2 is 1.77 bits per heavy atom. The fourth-order valence-corrected chi connectivity index (χ4v) is 2.44. The number of ether oxygens (including phenoxy) is 3. The maximum Gasteiger partial charge on any atom is 0.513 e. The molecule has 2 aromatic rings. The van der Waals surface area contributed by atoms with Crippen molar-refractivity contribution in [2.75, 3.05) is 6.61 Å². The molecule has 0 bridgehead atoms. The first-order valence-electron chi connectivity index (χ1n) is 8.04. The maximum absolute atomic E-state index is 12.2. The van der Waals surface area contributed by atoms with Gasteiger partial charge in [-0.1, -0.05) is 42.6 Å². The van der Waals surface area contributed by atoms with Gasteiger partial charge in [0, 0.05) is 10.0 Å². The number of hydrogen-bond donors (Lipinski definition) is 0. The van der Waals surface area contributed by atoms with E-state index in [4.69, 9.17) is 37.4 Å². The molecule has 0 heterocycles. The van der Waals surface area contributed by atoms with Crippen LogP contribution in [0.5, 0.6) is 5.75 Å². The molecule has 0 aliphatic heterocycles. The monoisotopic (exact) mass is 396 g/mol. The molecular formula is C19H18Cl2O5. The highest BCUT2D eigenvalue weighted by Gasteiger charge is 2.18. The number of hydrogen-bond acceptors (Lipinski definition) is 5.